The van der Waals surface area contributed by atoms with Gasteiger partial charge in [0.25, 0.3) is 11.8 Å². The van der Waals surface area contributed by atoms with Crippen LogP contribution in [-0.4, -0.2) is 34.1 Å². The molecule has 2 aromatic rings. The van der Waals surface area contributed by atoms with Crippen LogP contribution < -0.4 is 16.5 Å². The molecular weight excluding hydrogens is 320 g/mol. The van der Waals surface area contributed by atoms with Gasteiger partial charge in [-0.15, -0.1) is 0 Å². The lowest BCUT2D eigenvalue weighted by molar-refractivity contribution is -0.131. The lowest BCUT2D eigenvalue weighted by atomic mass is 10.1. The van der Waals surface area contributed by atoms with E-state index in [-0.39, 0.29) is 0 Å². The summed E-state index contributed by atoms with van der Waals surface area (Å²) in [6.45, 7) is 1.55. The molecule has 0 bridgehead atoms. The average molecular weight is 338 g/mol. The van der Waals surface area contributed by atoms with Crippen molar-refractivity contribution < 1.29 is 14.8 Å². The predicted molar refractivity (Wildman–Crippen MR) is 91.5 cm³/mol. The molecule has 2 unspecified atom stereocenters. The first-order chi connectivity index (χ1) is 12.0. The van der Waals surface area contributed by atoms with Crippen molar-refractivity contribution in [3.8, 4) is 11.8 Å². The van der Waals surface area contributed by atoms with Crippen LogP contribution in [-0.2, 0) is 4.79 Å². The van der Waals surface area contributed by atoms with Gasteiger partial charge in [-0.1, -0.05) is 11.8 Å². The Labute approximate surface area is 145 Å². The van der Waals surface area contributed by atoms with Crippen molar-refractivity contribution in [2.75, 3.05) is 0 Å². The molecule has 2 atom stereocenters. The minimum Gasteiger partial charge on any atom is -0.339 e. The molecule has 0 spiro atoms. The van der Waals surface area contributed by atoms with Crippen LogP contribution in [0.5, 0.6) is 0 Å². The van der Waals surface area contributed by atoms with Crippen LogP contribution in [0.25, 0.3) is 0 Å². The number of aromatic nitrogens is 1. The predicted octanol–water partition coefficient (Wildman–Crippen LogP) is 0.432. The highest BCUT2D eigenvalue weighted by atomic mass is 16.5. The van der Waals surface area contributed by atoms with Gasteiger partial charge in [-0.05, 0) is 43.3 Å². The zero-order valence-corrected chi connectivity index (χ0v) is 13.6. The lowest BCUT2D eigenvalue weighted by Gasteiger charge is -2.20. The second-order valence-electron chi connectivity index (χ2n) is 5.36. The number of hydrogen-bond donors (Lipinski definition) is 4. The molecule has 0 fully saturated rings. The summed E-state index contributed by atoms with van der Waals surface area (Å²) in [5.74, 6) is 4.69. The average Bonchev–Trinajstić information content (AvgIpc) is 2.64. The van der Waals surface area contributed by atoms with Gasteiger partial charge in [0.15, 0.2) is 0 Å². The summed E-state index contributed by atoms with van der Waals surface area (Å²) >= 11 is 0. The van der Waals surface area contributed by atoms with Crippen LogP contribution in [0.15, 0.2) is 48.8 Å². The van der Waals surface area contributed by atoms with Gasteiger partial charge >= 0.3 is 0 Å². The van der Waals surface area contributed by atoms with Gasteiger partial charge in [-0.2, -0.15) is 0 Å². The van der Waals surface area contributed by atoms with Crippen molar-refractivity contribution in [2.45, 2.75) is 19.0 Å². The van der Waals surface area contributed by atoms with Gasteiger partial charge in [-0.25, -0.2) is 5.48 Å². The number of rotatable bonds is 4. The Bertz CT molecular complexity index is 793. The number of nitrogens with two attached hydrogens (primary N) is 1. The number of hydrogen-bond acceptors (Lipinski definition) is 5. The van der Waals surface area contributed by atoms with Gasteiger partial charge in [0.05, 0.1) is 0 Å². The van der Waals surface area contributed by atoms with Crippen LogP contribution in [0.4, 0.5) is 0 Å². The maximum Gasteiger partial charge on any atom is 0.267 e. The van der Waals surface area contributed by atoms with Crippen LogP contribution in [0.2, 0.25) is 0 Å². The minimum absolute atomic E-state index is 0.350. The monoisotopic (exact) mass is 338 g/mol. The van der Waals surface area contributed by atoms with Crippen LogP contribution in [0.1, 0.15) is 28.4 Å². The standard InChI is InChI=1S/C18H18N4O3/c1-12(19)16(18(24)22-25)21-17(23)15-8-6-13(7-9-15)4-5-14-3-2-10-20-11-14/h2-3,6-12,16,25H,19H2,1H3,(H,21,23)(H,22,24). The second kappa shape index (κ2) is 8.59. The zero-order chi connectivity index (χ0) is 18.2. The van der Waals surface area contributed by atoms with Gasteiger partial charge < -0.3 is 11.1 Å². The van der Waals surface area contributed by atoms with E-state index in [1.165, 1.54) is 5.48 Å². The van der Waals surface area contributed by atoms with Crippen molar-refractivity contribution in [1.29, 1.82) is 0 Å². The highest BCUT2D eigenvalue weighted by Gasteiger charge is 2.24. The highest BCUT2D eigenvalue weighted by molar-refractivity contribution is 5.97. The molecule has 1 aromatic heterocycles. The fourth-order valence-electron chi connectivity index (χ4n) is 2.02. The molecule has 1 aromatic carbocycles. The number of carbonyl (C=O) groups is 2. The van der Waals surface area contributed by atoms with E-state index < -0.39 is 23.9 Å². The molecule has 2 rings (SSSR count). The van der Waals surface area contributed by atoms with E-state index in [1.54, 1.807) is 49.6 Å². The molecule has 0 radical (unpaired) electrons. The zero-order valence-electron chi connectivity index (χ0n) is 13.6. The Morgan fingerprint density at radius 2 is 1.84 bits per heavy atom. The molecule has 0 saturated heterocycles. The first-order valence-corrected chi connectivity index (χ1v) is 7.54. The number of nitrogens with zero attached hydrogens (tertiary/aromatic N) is 1. The van der Waals surface area contributed by atoms with Crippen LogP contribution in [0, 0.1) is 11.8 Å². The third kappa shape index (κ3) is 5.14. The number of benzene rings is 1. The van der Waals surface area contributed by atoms with Crippen molar-refractivity contribution in [2.24, 2.45) is 5.73 Å². The van der Waals surface area contributed by atoms with E-state index in [0.717, 1.165) is 11.1 Å². The maximum atomic E-state index is 12.2. The smallest absolute Gasteiger partial charge is 0.267 e. The number of nitrogens with one attached hydrogen (secondary N) is 2. The molecule has 5 N–H and O–H groups in total. The molecule has 1 heterocycles. The van der Waals surface area contributed by atoms with Crippen molar-refractivity contribution >= 4 is 11.8 Å². The van der Waals surface area contributed by atoms with Crippen LogP contribution in [0.3, 0.4) is 0 Å². The molecule has 0 aliphatic carbocycles. The largest absolute Gasteiger partial charge is 0.339 e. The van der Waals surface area contributed by atoms with E-state index in [1.807, 2.05) is 6.07 Å². The first kappa shape index (κ1) is 18.1. The van der Waals surface area contributed by atoms with Crippen molar-refractivity contribution in [3.63, 3.8) is 0 Å². The normalized spacial score (nSPS) is 12.3. The highest BCUT2D eigenvalue weighted by Crippen LogP contribution is 2.05. The maximum absolute atomic E-state index is 12.2. The fourth-order valence-corrected chi connectivity index (χ4v) is 2.02. The third-order valence-electron chi connectivity index (χ3n) is 3.36. The molecule has 25 heavy (non-hydrogen) atoms. The van der Waals surface area contributed by atoms with Gasteiger partial charge in [0.2, 0.25) is 0 Å². The van der Waals surface area contributed by atoms with Gasteiger partial charge in [-0.3, -0.25) is 19.8 Å². The van der Waals surface area contributed by atoms with Crippen molar-refractivity contribution in [1.82, 2.24) is 15.8 Å². The summed E-state index contributed by atoms with van der Waals surface area (Å²) in [6.07, 6.45) is 3.33. The number of hydroxylamine groups is 1. The van der Waals surface area contributed by atoms with E-state index >= 15 is 0 Å². The van der Waals surface area contributed by atoms with Gasteiger partial charge in [0.1, 0.15) is 6.04 Å². The second-order valence-corrected chi connectivity index (χ2v) is 5.36. The third-order valence-corrected chi connectivity index (χ3v) is 3.36. The summed E-state index contributed by atoms with van der Waals surface area (Å²) in [4.78, 5) is 27.7. The summed E-state index contributed by atoms with van der Waals surface area (Å²) in [6, 6.07) is 8.53. The SMILES string of the molecule is CC(N)C(NC(=O)c1ccc(C#Cc2cccnc2)cc1)C(=O)NO. The molecule has 0 aliphatic rings. The van der Waals surface area contributed by atoms with E-state index in [0.29, 0.717) is 5.56 Å². The van der Waals surface area contributed by atoms with Gasteiger partial charge in [0, 0.05) is 35.1 Å². The van der Waals surface area contributed by atoms with Crippen LogP contribution >= 0.6 is 0 Å². The first-order valence-electron chi connectivity index (χ1n) is 7.54. The number of carbonyl (C=O) groups excluding carboxylic acids is 2. The molecule has 7 nitrogen and oxygen atoms in total. The molecule has 0 saturated carbocycles. The molecular formula is C18H18N4O3. The molecule has 0 aliphatic heterocycles. The summed E-state index contributed by atoms with van der Waals surface area (Å²) in [7, 11) is 0. The summed E-state index contributed by atoms with van der Waals surface area (Å²) < 4.78 is 0. The molecule has 7 heteroatoms. The Morgan fingerprint density at radius 3 is 2.40 bits per heavy atom. The molecule has 2 amide bonds. The summed E-state index contributed by atoms with van der Waals surface area (Å²) in [5, 5.41) is 11.2. The number of pyridine rings is 1. The Morgan fingerprint density at radius 1 is 1.16 bits per heavy atom. The minimum atomic E-state index is -1.04. The quantitative estimate of drug-likeness (QED) is 0.366. The lowest BCUT2D eigenvalue weighted by Crippen LogP contribution is -2.54. The van der Waals surface area contributed by atoms with E-state index in [9.17, 15) is 9.59 Å². The fraction of sp³-hybridized carbons (Fsp3) is 0.167. The van der Waals surface area contributed by atoms with Crippen molar-refractivity contribution in [3.05, 3.63) is 65.5 Å². The van der Waals surface area contributed by atoms with E-state index in [4.69, 9.17) is 10.9 Å². The van der Waals surface area contributed by atoms with E-state index in [2.05, 4.69) is 22.1 Å². The molecule has 128 valence electrons. The summed E-state index contributed by atoms with van der Waals surface area (Å²) in [5.41, 5.74) is 9.01. The number of amides is 2. The topological polar surface area (TPSA) is 117 Å². The Balaban J connectivity index is 2.07. The Hall–Kier alpha value is -3.21. The Kier molecular flexibility index (Phi) is 6.23.